The molecular weight excluding hydrogens is 484 g/mol. The Morgan fingerprint density at radius 3 is 2.50 bits per heavy atom. The fourth-order valence-corrected chi connectivity index (χ4v) is 5.68. The zero-order chi connectivity index (χ0) is 26.2. The Bertz CT molecular complexity index is 1070. The Morgan fingerprint density at radius 1 is 1.19 bits per heavy atom. The van der Waals surface area contributed by atoms with Crippen molar-refractivity contribution >= 4 is 22.4 Å². The van der Waals surface area contributed by atoms with Gasteiger partial charge in [-0.15, -0.1) is 10.2 Å². The van der Waals surface area contributed by atoms with Crippen molar-refractivity contribution in [3.63, 3.8) is 0 Å². The monoisotopic (exact) mass is 520 g/mol. The van der Waals surface area contributed by atoms with Crippen molar-refractivity contribution in [3.05, 3.63) is 28.8 Å². The van der Waals surface area contributed by atoms with E-state index in [1.54, 1.807) is 25.4 Å². The molecule has 4 atom stereocenters. The van der Waals surface area contributed by atoms with Crippen LogP contribution in [0.15, 0.2) is 18.2 Å². The summed E-state index contributed by atoms with van der Waals surface area (Å²) in [6, 6.07) is 5.69. The molecule has 1 aromatic heterocycles. The number of likely N-dealkylation sites (tertiary alicyclic amines) is 1. The Morgan fingerprint density at radius 2 is 1.92 bits per heavy atom. The first-order valence-electron chi connectivity index (χ1n) is 12.3. The highest BCUT2D eigenvalue weighted by Gasteiger charge is 2.49. The van der Waals surface area contributed by atoms with Gasteiger partial charge in [0.2, 0.25) is 5.13 Å². The van der Waals surface area contributed by atoms with Gasteiger partial charge in [-0.25, -0.2) is 0 Å². The van der Waals surface area contributed by atoms with Gasteiger partial charge in [-0.3, -0.25) is 4.79 Å². The summed E-state index contributed by atoms with van der Waals surface area (Å²) in [4.78, 5) is 16.2. The SMILES string of the molecule is COc1ccc([C@@H]2CN(C(=O)[C@@H](O)CO)C[C@@]2(C)[C@@H](C)O)cc1OC1CN(c2nnc(C(C)C)s2)C1. The highest BCUT2D eigenvalue weighted by atomic mass is 32.1. The molecule has 4 rings (SSSR count). The van der Waals surface area contributed by atoms with Crippen LogP contribution >= 0.6 is 11.3 Å². The number of hydrogen-bond donors (Lipinski definition) is 3. The minimum absolute atomic E-state index is 0.0370. The van der Waals surface area contributed by atoms with Crippen molar-refractivity contribution in [1.82, 2.24) is 15.1 Å². The first-order valence-corrected chi connectivity index (χ1v) is 13.1. The molecule has 2 aliphatic heterocycles. The van der Waals surface area contributed by atoms with Gasteiger partial charge < -0.3 is 34.6 Å². The largest absolute Gasteiger partial charge is 0.493 e. The molecule has 10 nitrogen and oxygen atoms in total. The lowest BCUT2D eigenvalue weighted by Crippen LogP contribution is -2.54. The van der Waals surface area contributed by atoms with E-state index in [1.807, 2.05) is 25.1 Å². The second kappa shape index (κ2) is 10.5. The van der Waals surface area contributed by atoms with E-state index < -0.39 is 30.1 Å². The molecule has 1 aromatic carbocycles. The number of hydrogen-bond acceptors (Lipinski definition) is 10. The van der Waals surface area contributed by atoms with E-state index in [4.69, 9.17) is 9.47 Å². The summed E-state index contributed by atoms with van der Waals surface area (Å²) in [5.41, 5.74) is 0.264. The number of aromatic nitrogens is 2. The van der Waals surface area contributed by atoms with Gasteiger partial charge in [-0.05, 0) is 24.6 Å². The van der Waals surface area contributed by atoms with Crippen LogP contribution < -0.4 is 14.4 Å². The molecule has 3 heterocycles. The number of rotatable bonds is 9. The Hall–Kier alpha value is -2.47. The molecule has 0 bridgehead atoms. The van der Waals surface area contributed by atoms with Crippen LogP contribution in [0, 0.1) is 5.41 Å². The number of ether oxygens (including phenoxy) is 2. The maximum atomic E-state index is 12.6. The van der Waals surface area contributed by atoms with E-state index >= 15 is 0 Å². The van der Waals surface area contributed by atoms with Gasteiger partial charge in [0.25, 0.3) is 5.91 Å². The van der Waals surface area contributed by atoms with E-state index in [0.717, 1.165) is 15.7 Å². The van der Waals surface area contributed by atoms with Crippen molar-refractivity contribution in [2.45, 2.75) is 57.8 Å². The lowest BCUT2D eigenvalue weighted by atomic mass is 9.72. The molecule has 11 heteroatoms. The summed E-state index contributed by atoms with van der Waals surface area (Å²) in [6.07, 6.45) is -2.21. The number of anilines is 1. The van der Waals surface area contributed by atoms with E-state index in [-0.39, 0.29) is 18.6 Å². The minimum Gasteiger partial charge on any atom is -0.493 e. The van der Waals surface area contributed by atoms with Crippen molar-refractivity contribution in [2.24, 2.45) is 5.41 Å². The predicted octanol–water partition coefficient (Wildman–Crippen LogP) is 1.60. The molecular formula is C25H36N4O6S. The van der Waals surface area contributed by atoms with Gasteiger partial charge in [0, 0.05) is 30.3 Å². The Balaban J connectivity index is 1.51. The smallest absolute Gasteiger partial charge is 0.253 e. The second-order valence-electron chi connectivity index (χ2n) is 10.3. The highest BCUT2D eigenvalue weighted by molar-refractivity contribution is 7.15. The quantitative estimate of drug-likeness (QED) is 0.452. The van der Waals surface area contributed by atoms with Gasteiger partial charge in [-0.2, -0.15) is 0 Å². The van der Waals surface area contributed by atoms with E-state index in [2.05, 4.69) is 28.9 Å². The average molecular weight is 521 g/mol. The number of carbonyl (C=O) groups is 1. The Kier molecular flexibility index (Phi) is 7.75. The standard InChI is InChI=1S/C25H36N4O6S/c1-14(2)22-26-27-24(36-22)28-9-17(10-28)35-21-8-16(6-7-20(21)34-5)18-11-29(23(33)19(32)12-30)13-25(18,4)15(3)31/h6-8,14-15,17-19,30-32H,9-13H2,1-5H3/t15-,18+,19+,25+/m1/s1. The fourth-order valence-electron chi connectivity index (χ4n) is 4.82. The van der Waals surface area contributed by atoms with Crippen molar-refractivity contribution in [1.29, 1.82) is 0 Å². The third-order valence-corrected chi connectivity index (χ3v) is 8.67. The van der Waals surface area contributed by atoms with Crippen LogP contribution in [0.5, 0.6) is 11.5 Å². The topological polar surface area (TPSA) is 128 Å². The van der Waals surface area contributed by atoms with Crippen molar-refractivity contribution in [2.75, 3.05) is 44.8 Å². The van der Waals surface area contributed by atoms with E-state index in [0.29, 0.717) is 37.1 Å². The van der Waals surface area contributed by atoms with Crippen LogP contribution in [0.1, 0.15) is 50.1 Å². The number of benzene rings is 1. The van der Waals surface area contributed by atoms with Crippen LogP contribution in [-0.2, 0) is 4.79 Å². The molecule has 2 aromatic rings. The molecule has 2 saturated heterocycles. The molecule has 2 fully saturated rings. The maximum absolute atomic E-state index is 12.6. The number of aliphatic hydroxyl groups excluding tert-OH is 3. The molecule has 1 amide bonds. The second-order valence-corrected chi connectivity index (χ2v) is 11.3. The molecule has 198 valence electrons. The van der Waals surface area contributed by atoms with E-state index in [9.17, 15) is 20.1 Å². The summed E-state index contributed by atoms with van der Waals surface area (Å²) in [5, 5.41) is 40.2. The number of methoxy groups -OCH3 is 1. The van der Waals surface area contributed by atoms with Crippen LogP contribution in [0.4, 0.5) is 5.13 Å². The summed E-state index contributed by atoms with van der Waals surface area (Å²) < 4.78 is 11.9. The molecule has 0 aliphatic carbocycles. The van der Waals surface area contributed by atoms with Gasteiger partial charge in [0.15, 0.2) is 17.6 Å². The number of nitrogens with zero attached hydrogens (tertiary/aromatic N) is 4. The molecule has 0 radical (unpaired) electrons. The molecule has 3 N–H and O–H groups in total. The third-order valence-electron chi connectivity index (χ3n) is 7.38. The molecule has 0 spiro atoms. The van der Waals surface area contributed by atoms with Gasteiger partial charge in [0.1, 0.15) is 11.1 Å². The number of amides is 1. The van der Waals surface area contributed by atoms with Crippen molar-refractivity contribution in [3.8, 4) is 11.5 Å². The van der Waals surface area contributed by atoms with Gasteiger partial charge >= 0.3 is 0 Å². The normalized spacial score (nSPS) is 24.1. The number of carbonyl (C=O) groups excluding carboxylic acids is 1. The molecule has 0 unspecified atom stereocenters. The third kappa shape index (κ3) is 5.02. The van der Waals surface area contributed by atoms with Crippen molar-refractivity contribution < 1.29 is 29.6 Å². The van der Waals surface area contributed by atoms with Crippen LogP contribution in [0.25, 0.3) is 0 Å². The minimum atomic E-state index is -1.47. The van der Waals surface area contributed by atoms with Crippen LogP contribution in [0.3, 0.4) is 0 Å². The zero-order valence-corrected chi connectivity index (χ0v) is 22.2. The molecule has 2 aliphatic rings. The summed E-state index contributed by atoms with van der Waals surface area (Å²) in [5.74, 6) is 0.819. The van der Waals surface area contributed by atoms with Crippen LogP contribution in [-0.4, -0.2) is 94.5 Å². The summed E-state index contributed by atoms with van der Waals surface area (Å²) in [7, 11) is 1.59. The van der Waals surface area contributed by atoms with Gasteiger partial charge in [0.05, 0.1) is 32.9 Å². The van der Waals surface area contributed by atoms with Crippen LogP contribution in [0.2, 0.25) is 0 Å². The molecule has 36 heavy (non-hydrogen) atoms. The summed E-state index contributed by atoms with van der Waals surface area (Å²) in [6.45, 7) is 9.17. The van der Waals surface area contributed by atoms with E-state index in [1.165, 1.54) is 4.90 Å². The first-order chi connectivity index (χ1) is 17.1. The first kappa shape index (κ1) is 26.6. The fraction of sp³-hybridized carbons (Fsp3) is 0.640. The van der Waals surface area contributed by atoms with Gasteiger partial charge in [-0.1, -0.05) is 38.2 Å². The predicted molar refractivity (Wildman–Crippen MR) is 136 cm³/mol. The average Bonchev–Trinajstić information content (AvgIpc) is 3.46. The molecule has 0 saturated carbocycles. The Labute approximate surface area is 215 Å². The summed E-state index contributed by atoms with van der Waals surface area (Å²) >= 11 is 1.60. The lowest BCUT2D eigenvalue weighted by Gasteiger charge is -2.39. The lowest BCUT2D eigenvalue weighted by molar-refractivity contribution is -0.141. The zero-order valence-electron chi connectivity index (χ0n) is 21.4. The maximum Gasteiger partial charge on any atom is 0.253 e. The highest BCUT2D eigenvalue weighted by Crippen LogP contribution is 2.47. The number of aliphatic hydroxyl groups is 3.